The molecule has 13 heteroatoms. The maximum atomic E-state index is 11.4. The third-order valence-electron chi connectivity index (χ3n) is 3.40. The average Bonchev–Trinajstić information content (AvgIpc) is 2.70. The molecule has 0 unspecified atom stereocenters. The van der Waals surface area contributed by atoms with Gasteiger partial charge in [0.05, 0.1) is 21.0 Å². The molecule has 0 bridgehead atoms. The first kappa shape index (κ1) is 21.7. The van der Waals surface area contributed by atoms with Crippen LogP contribution in [0.2, 0.25) is 0 Å². The van der Waals surface area contributed by atoms with Crippen LogP contribution in [0.4, 0.5) is 25.8 Å². The number of ether oxygens (including phenoxy) is 4. The summed E-state index contributed by atoms with van der Waals surface area (Å²) < 4.78 is 17.2. The summed E-state index contributed by atoms with van der Waals surface area (Å²) in [5.41, 5.74) is -0.550. The predicted molar refractivity (Wildman–Crippen MR) is 94.1 cm³/mol. The number of nitro benzene ring substituents is 2. The molecule has 2 aromatic rings. The van der Waals surface area contributed by atoms with Gasteiger partial charge < -0.3 is 18.9 Å². The van der Waals surface area contributed by atoms with Crippen LogP contribution in [0.3, 0.4) is 0 Å². The molecule has 0 radical (unpaired) electrons. The monoisotopic (exact) mass is 420 g/mol. The molecule has 13 nitrogen and oxygen atoms in total. The number of nitrogens with zero attached hydrogens (tertiary/aromatic N) is 2. The van der Waals surface area contributed by atoms with Gasteiger partial charge in [-0.2, -0.15) is 0 Å². The van der Waals surface area contributed by atoms with Crippen LogP contribution in [0, 0.1) is 20.2 Å². The second kappa shape index (κ2) is 10.1. The molecule has 2 aromatic carbocycles. The molecule has 0 amide bonds. The topological polar surface area (TPSA) is 174 Å². The molecule has 0 spiro atoms. The van der Waals surface area contributed by atoms with Gasteiger partial charge >= 0.3 is 18.5 Å². The Kier molecular flexibility index (Phi) is 7.34. The van der Waals surface area contributed by atoms with E-state index in [1.54, 1.807) is 0 Å². The highest BCUT2D eigenvalue weighted by Crippen LogP contribution is 2.19. The van der Waals surface area contributed by atoms with Gasteiger partial charge in [0.15, 0.2) is 0 Å². The molecule has 156 valence electrons. The lowest BCUT2D eigenvalue weighted by Crippen LogP contribution is -2.19. The summed E-state index contributed by atoms with van der Waals surface area (Å²) in [7, 11) is 0. The van der Waals surface area contributed by atoms with Gasteiger partial charge in [-0.3, -0.25) is 20.2 Å². The van der Waals surface area contributed by atoms with Gasteiger partial charge in [-0.1, -0.05) is 24.3 Å². The van der Waals surface area contributed by atoms with E-state index in [0.29, 0.717) is 0 Å². The van der Waals surface area contributed by atoms with E-state index in [4.69, 9.17) is 0 Å². The highest BCUT2D eigenvalue weighted by atomic mass is 16.9. The van der Waals surface area contributed by atoms with Crippen LogP contribution in [0.15, 0.2) is 48.5 Å². The number of rotatable bonds is 6. The second-order valence-electron chi connectivity index (χ2n) is 5.30. The van der Waals surface area contributed by atoms with E-state index in [2.05, 4.69) is 18.9 Å². The van der Waals surface area contributed by atoms with Crippen molar-refractivity contribution in [2.24, 2.45) is 0 Å². The van der Waals surface area contributed by atoms with Crippen molar-refractivity contribution in [2.75, 3.05) is 0 Å². The van der Waals surface area contributed by atoms with E-state index >= 15 is 0 Å². The van der Waals surface area contributed by atoms with Gasteiger partial charge in [-0.15, -0.1) is 0 Å². The van der Waals surface area contributed by atoms with Crippen LogP contribution in [0.1, 0.15) is 11.1 Å². The Morgan fingerprint density at radius 1 is 0.667 bits per heavy atom. The van der Waals surface area contributed by atoms with Crippen molar-refractivity contribution in [1.82, 2.24) is 0 Å². The van der Waals surface area contributed by atoms with Crippen LogP contribution in [-0.2, 0) is 32.2 Å². The van der Waals surface area contributed by atoms with Gasteiger partial charge in [0, 0.05) is 12.1 Å². The second-order valence-corrected chi connectivity index (χ2v) is 5.30. The van der Waals surface area contributed by atoms with Gasteiger partial charge in [0.25, 0.3) is 11.4 Å². The summed E-state index contributed by atoms with van der Waals surface area (Å²) in [6.07, 6.45) is -4.94. The van der Waals surface area contributed by atoms with Crippen molar-refractivity contribution in [3.8, 4) is 0 Å². The van der Waals surface area contributed by atoms with E-state index in [1.807, 2.05) is 0 Å². The Labute approximate surface area is 167 Å². The Bertz CT molecular complexity index is 912. The maximum absolute atomic E-state index is 11.4. The molecular weight excluding hydrogens is 408 g/mol. The van der Waals surface area contributed by atoms with Crippen molar-refractivity contribution < 1.29 is 43.2 Å². The van der Waals surface area contributed by atoms with Crippen molar-refractivity contribution >= 4 is 29.8 Å². The molecule has 0 saturated carbocycles. The lowest BCUT2D eigenvalue weighted by Gasteiger charge is -2.06. The molecule has 30 heavy (non-hydrogen) atoms. The third-order valence-corrected chi connectivity index (χ3v) is 3.40. The number of hydrogen-bond donors (Lipinski definition) is 0. The first-order chi connectivity index (χ1) is 14.3. The van der Waals surface area contributed by atoms with E-state index < -0.39 is 41.5 Å². The fourth-order valence-corrected chi connectivity index (χ4v) is 2.11. The van der Waals surface area contributed by atoms with Gasteiger partial charge in [0.1, 0.15) is 13.2 Å². The largest absolute Gasteiger partial charge is 0.528 e. The molecular formula is C17H12N2O11. The van der Waals surface area contributed by atoms with Gasteiger partial charge in [-0.05, 0) is 12.1 Å². The zero-order valence-corrected chi connectivity index (χ0v) is 14.9. The minimum atomic E-state index is -1.78. The highest BCUT2D eigenvalue weighted by Gasteiger charge is 2.21. The van der Waals surface area contributed by atoms with Crippen LogP contribution < -0.4 is 0 Å². The summed E-state index contributed by atoms with van der Waals surface area (Å²) in [5, 5.41) is 21.7. The van der Waals surface area contributed by atoms with Crippen molar-refractivity contribution in [1.29, 1.82) is 0 Å². The van der Waals surface area contributed by atoms with E-state index in [-0.39, 0.29) is 22.5 Å². The Hall–Kier alpha value is -4.55. The lowest BCUT2D eigenvalue weighted by atomic mass is 10.2. The van der Waals surface area contributed by atoms with Gasteiger partial charge in [-0.25, -0.2) is 14.4 Å². The number of hydrogen-bond acceptors (Lipinski definition) is 11. The zero-order chi connectivity index (χ0) is 22.1. The standard InChI is InChI=1S/C17H12N2O11/c20-15(27-9-11-5-1-3-7-13(11)18(23)24)29-17(22)30-16(21)28-10-12-6-2-4-8-14(12)19(25)26/h1-8H,9-10H2. The molecule has 0 atom stereocenters. The summed E-state index contributed by atoms with van der Waals surface area (Å²) in [6.45, 7) is -1.16. The molecule has 0 aliphatic carbocycles. The van der Waals surface area contributed by atoms with Crippen LogP contribution in [-0.4, -0.2) is 28.3 Å². The first-order valence-electron chi connectivity index (χ1n) is 7.95. The molecule has 0 fully saturated rings. The van der Waals surface area contributed by atoms with Crippen LogP contribution >= 0.6 is 0 Å². The molecule has 0 heterocycles. The van der Waals surface area contributed by atoms with Crippen molar-refractivity contribution in [3.63, 3.8) is 0 Å². The fourth-order valence-electron chi connectivity index (χ4n) is 2.11. The smallest absolute Gasteiger partial charge is 0.429 e. The Morgan fingerprint density at radius 2 is 1.03 bits per heavy atom. The number of benzene rings is 2. The summed E-state index contributed by atoms with van der Waals surface area (Å²) >= 11 is 0. The minimum Gasteiger partial charge on any atom is -0.429 e. The number of carbonyl (C=O) groups excluding carboxylic acids is 3. The quantitative estimate of drug-likeness (QED) is 0.289. The summed E-state index contributed by atoms with van der Waals surface area (Å²) in [6, 6.07) is 10.8. The van der Waals surface area contributed by atoms with Gasteiger partial charge in [0.2, 0.25) is 0 Å². The molecule has 2 rings (SSSR count). The SMILES string of the molecule is O=C(OCc1ccccc1[N+](=O)[O-])OC(=O)OC(=O)OCc1ccccc1[N+](=O)[O-]. The summed E-state index contributed by atoms with van der Waals surface area (Å²) in [5.74, 6) is 0. The molecule has 0 saturated heterocycles. The lowest BCUT2D eigenvalue weighted by molar-refractivity contribution is -0.386. The third kappa shape index (κ3) is 6.26. The van der Waals surface area contributed by atoms with Crippen LogP contribution in [0.25, 0.3) is 0 Å². The maximum Gasteiger partial charge on any atom is 0.528 e. The van der Waals surface area contributed by atoms with E-state index in [9.17, 15) is 34.6 Å². The Balaban J connectivity index is 1.80. The number of para-hydroxylation sites is 2. The minimum absolute atomic E-state index is 0.0386. The molecule has 0 aromatic heterocycles. The summed E-state index contributed by atoms with van der Waals surface area (Å²) in [4.78, 5) is 54.6. The van der Waals surface area contributed by atoms with Crippen molar-refractivity contribution in [3.05, 3.63) is 79.9 Å². The molecule has 0 aliphatic rings. The van der Waals surface area contributed by atoms with Crippen LogP contribution in [0.5, 0.6) is 0 Å². The molecule has 0 aliphatic heterocycles. The van der Waals surface area contributed by atoms with E-state index in [1.165, 1.54) is 48.5 Å². The number of carbonyl (C=O) groups is 3. The first-order valence-corrected chi connectivity index (χ1v) is 7.95. The number of nitro groups is 2. The average molecular weight is 420 g/mol. The predicted octanol–water partition coefficient (Wildman–Crippen LogP) is 3.63. The normalized spacial score (nSPS) is 9.87. The highest BCUT2D eigenvalue weighted by molar-refractivity contribution is 5.83. The Morgan fingerprint density at radius 3 is 1.40 bits per heavy atom. The molecule has 0 N–H and O–H groups in total. The fraction of sp³-hybridized carbons (Fsp3) is 0.118. The van der Waals surface area contributed by atoms with Crippen molar-refractivity contribution in [2.45, 2.75) is 13.2 Å². The zero-order valence-electron chi connectivity index (χ0n) is 14.9. The van der Waals surface area contributed by atoms with E-state index in [0.717, 1.165) is 0 Å².